The van der Waals surface area contributed by atoms with Crippen LogP contribution in [-0.4, -0.2) is 15.9 Å². The van der Waals surface area contributed by atoms with Crippen molar-refractivity contribution in [3.8, 4) is 11.3 Å². The molecular formula is C47H62IrNO2-. The summed E-state index contributed by atoms with van der Waals surface area (Å²) >= 11 is 0. The van der Waals surface area contributed by atoms with E-state index in [1.165, 1.54) is 102 Å². The first-order chi connectivity index (χ1) is 23.6. The summed E-state index contributed by atoms with van der Waals surface area (Å²) in [6.07, 6.45) is 15.2. The molecule has 51 heavy (non-hydrogen) atoms. The van der Waals surface area contributed by atoms with Crippen molar-refractivity contribution in [3.05, 3.63) is 88.7 Å². The molecule has 2 fully saturated rings. The molecule has 1 spiro atoms. The Balaban J connectivity index is 0.000000358. The average Bonchev–Trinajstić information content (AvgIpc) is 3.03. The van der Waals surface area contributed by atoms with Crippen LogP contribution in [0.3, 0.4) is 0 Å². The maximum absolute atomic E-state index is 11.2. The van der Waals surface area contributed by atoms with E-state index in [0.29, 0.717) is 36.0 Å². The van der Waals surface area contributed by atoms with E-state index in [0.717, 1.165) is 16.8 Å². The smallest absolute Gasteiger partial charge is 0.159 e. The molecule has 0 aliphatic heterocycles. The van der Waals surface area contributed by atoms with Gasteiger partial charge in [0.1, 0.15) is 0 Å². The monoisotopic (exact) mass is 865 g/mol. The van der Waals surface area contributed by atoms with E-state index in [9.17, 15) is 9.90 Å². The summed E-state index contributed by atoms with van der Waals surface area (Å²) < 4.78 is 0. The number of pyridine rings is 1. The van der Waals surface area contributed by atoms with Gasteiger partial charge < -0.3 is 5.11 Å². The number of hydrogen-bond donors (Lipinski definition) is 1. The maximum atomic E-state index is 11.2. The van der Waals surface area contributed by atoms with Crippen LogP contribution in [0, 0.1) is 37.2 Å². The fraction of sp³-hybridized carbons (Fsp3) is 0.532. The van der Waals surface area contributed by atoms with Crippen LogP contribution in [0.1, 0.15) is 147 Å². The van der Waals surface area contributed by atoms with E-state index in [2.05, 4.69) is 89.2 Å². The summed E-state index contributed by atoms with van der Waals surface area (Å²) in [5, 5.41) is 13.2. The van der Waals surface area contributed by atoms with Crippen LogP contribution < -0.4 is 0 Å². The predicted molar refractivity (Wildman–Crippen MR) is 213 cm³/mol. The fourth-order valence-electron chi connectivity index (χ4n) is 8.71. The van der Waals surface area contributed by atoms with E-state index in [-0.39, 0.29) is 37.1 Å². The molecule has 6 rings (SSSR count). The van der Waals surface area contributed by atoms with Gasteiger partial charge >= 0.3 is 0 Å². The number of hydrogen-bond acceptors (Lipinski definition) is 3. The van der Waals surface area contributed by atoms with Gasteiger partial charge in [-0.25, -0.2) is 0 Å². The van der Waals surface area contributed by atoms with Crippen LogP contribution in [-0.2, 0) is 30.3 Å². The first-order valence-electron chi connectivity index (χ1n) is 19.4. The van der Waals surface area contributed by atoms with Crippen molar-refractivity contribution in [2.24, 2.45) is 17.3 Å². The Hall–Kier alpha value is -2.81. The molecule has 0 atom stereocenters. The molecule has 4 aromatic rings. The molecule has 2 aliphatic carbocycles. The van der Waals surface area contributed by atoms with E-state index >= 15 is 0 Å². The Morgan fingerprint density at radius 3 is 2.20 bits per heavy atom. The summed E-state index contributed by atoms with van der Waals surface area (Å²) in [6.45, 7) is 19.4. The minimum absolute atomic E-state index is 0. The van der Waals surface area contributed by atoms with Gasteiger partial charge in [-0.1, -0.05) is 109 Å². The van der Waals surface area contributed by atoms with Gasteiger partial charge in [0.15, 0.2) is 5.78 Å². The minimum atomic E-state index is 0. The standard InChI is InChI=1S/C36H42N.C11H20O2.Ir/c1-24-19-25(2)34-30(26-13-17-36(18-14-26)15-9-6-10-16-36)23-32(37-33(34)20-24)28-21-27-11-7-8-12-29(27)31(22-28)35(3,4)5;1-8(2)5-10(12)7-11(13)6-9(3)4;/h7-8,11-12,19-20,22-23,26H,6,9-10,13-18H2,1-5H3;7-9,12H,5-6H2,1-4H3;/q-1;;/b;10-7-;. The van der Waals surface area contributed by atoms with Crippen LogP contribution in [0.2, 0.25) is 0 Å². The number of aromatic nitrogens is 1. The molecule has 1 heterocycles. The molecule has 0 amide bonds. The number of carbonyl (C=O) groups is 1. The molecule has 4 heteroatoms. The van der Waals surface area contributed by atoms with E-state index in [1.807, 2.05) is 27.7 Å². The number of benzene rings is 3. The largest absolute Gasteiger partial charge is 0.512 e. The normalized spacial score (nSPS) is 16.7. The number of aliphatic hydroxyl groups excluding tert-OH is 1. The van der Waals surface area contributed by atoms with E-state index in [4.69, 9.17) is 4.98 Å². The molecule has 3 nitrogen and oxygen atoms in total. The third kappa shape index (κ3) is 10.4. The summed E-state index contributed by atoms with van der Waals surface area (Å²) in [5.41, 5.74) is 9.63. The first-order valence-corrected chi connectivity index (χ1v) is 19.4. The van der Waals surface area contributed by atoms with Crippen molar-refractivity contribution in [1.29, 1.82) is 0 Å². The minimum Gasteiger partial charge on any atom is -0.512 e. The zero-order chi connectivity index (χ0) is 36.2. The number of aryl methyl sites for hydroxylation is 2. The van der Waals surface area contributed by atoms with Crippen molar-refractivity contribution in [1.82, 2.24) is 4.98 Å². The van der Waals surface area contributed by atoms with Crippen LogP contribution in [0.5, 0.6) is 0 Å². The Bertz CT molecular complexity index is 1830. The van der Waals surface area contributed by atoms with Gasteiger partial charge in [0.25, 0.3) is 0 Å². The Morgan fingerprint density at radius 2 is 1.57 bits per heavy atom. The molecule has 1 aromatic heterocycles. The van der Waals surface area contributed by atoms with Crippen molar-refractivity contribution in [3.63, 3.8) is 0 Å². The van der Waals surface area contributed by atoms with Crippen molar-refractivity contribution >= 4 is 27.5 Å². The second kappa shape index (κ2) is 17.3. The molecule has 2 aliphatic rings. The van der Waals surface area contributed by atoms with Gasteiger partial charge in [-0.05, 0) is 104 Å². The molecule has 2 saturated carbocycles. The summed E-state index contributed by atoms with van der Waals surface area (Å²) in [7, 11) is 0. The zero-order valence-electron chi connectivity index (χ0n) is 32.8. The Morgan fingerprint density at radius 1 is 0.922 bits per heavy atom. The molecule has 1 radical (unpaired) electrons. The number of fused-ring (bicyclic) bond motifs is 2. The molecule has 0 saturated heterocycles. The molecule has 0 unspecified atom stereocenters. The number of ketones is 1. The molecule has 0 bridgehead atoms. The van der Waals surface area contributed by atoms with Gasteiger partial charge in [-0.2, -0.15) is 0 Å². The summed E-state index contributed by atoms with van der Waals surface area (Å²) in [5.74, 6) is 1.60. The van der Waals surface area contributed by atoms with Gasteiger partial charge in [0, 0.05) is 50.1 Å². The molecular weight excluding hydrogens is 803 g/mol. The fourth-order valence-corrected chi connectivity index (χ4v) is 8.71. The number of nitrogens with zero attached hydrogens (tertiary/aromatic N) is 1. The molecule has 277 valence electrons. The maximum Gasteiger partial charge on any atom is 0.159 e. The molecule has 1 N–H and O–H groups in total. The third-order valence-corrected chi connectivity index (χ3v) is 11.1. The zero-order valence-corrected chi connectivity index (χ0v) is 35.2. The van der Waals surface area contributed by atoms with Crippen LogP contribution >= 0.6 is 0 Å². The second-order valence-electron chi connectivity index (χ2n) is 17.6. The quantitative estimate of drug-likeness (QED) is 0.114. The number of carbonyl (C=O) groups excluding carboxylic acids is 1. The number of rotatable bonds is 7. The number of aliphatic hydroxyl groups is 1. The topological polar surface area (TPSA) is 50.2 Å². The summed E-state index contributed by atoms with van der Waals surface area (Å²) in [6, 6.07) is 21.9. The number of allylic oxidation sites excluding steroid dienone is 2. The van der Waals surface area contributed by atoms with E-state index in [1.54, 1.807) is 0 Å². The van der Waals surface area contributed by atoms with Crippen molar-refractivity contribution in [2.75, 3.05) is 0 Å². The van der Waals surface area contributed by atoms with Gasteiger partial charge in [-0.3, -0.25) is 9.78 Å². The van der Waals surface area contributed by atoms with E-state index < -0.39 is 0 Å². The van der Waals surface area contributed by atoms with Gasteiger partial charge in [-0.15, -0.1) is 29.1 Å². The third-order valence-electron chi connectivity index (χ3n) is 11.1. The summed E-state index contributed by atoms with van der Waals surface area (Å²) in [4.78, 5) is 16.5. The van der Waals surface area contributed by atoms with Crippen molar-refractivity contribution < 1.29 is 30.0 Å². The van der Waals surface area contributed by atoms with Crippen LogP contribution in [0.15, 0.2) is 60.4 Å². The second-order valence-corrected chi connectivity index (χ2v) is 17.6. The SMILES string of the molecule is CC(C)CC(=O)/C=C(\O)CC(C)C.Cc1cc(C)c2c(C3CCC4(CCCCC4)CC3)cc(-c3[c-]c4ccccc4c(C(C)(C)C)c3)nc2c1.[Ir]. The Labute approximate surface area is 322 Å². The molecule has 3 aromatic carbocycles. The van der Waals surface area contributed by atoms with Gasteiger partial charge in [0.2, 0.25) is 0 Å². The predicted octanol–water partition coefficient (Wildman–Crippen LogP) is 13.5. The van der Waals surface area contributed by atoms with Crippen LogP contribution in [0.25, 0.3) is 32.9 Å². The Kier molecular flexibility index (Phi) is 13.9. The van der Waals surface area contributed by atoms with Gasteiger partial charge in [0.05, 0.1) is 11.3 Å². The average molecular weight is 865 g/mol. The van der Waals surface area contributed by atoms with Crippen LogP contribution in [0.4, 0.5) is 0 Å². The first kappa shape index (κ1) is 41.0. The van der Waals surface area contributed by atoms with Crippen molar-refractivity contribution in [2.45, 2.75) is 144 Å².